The Balaban J connectivity index is 1.77. The number of methoxy groups -OCH3 is 1. The van der Waals surface area contributed by atoms with Crippen molar-refractivity contribution in [3.63, 3.8) is 0 Å². The van der Waals surface area contributed by atoms with Gasteiger partial charge in [0.15, 0.2) is 11.2 Å². The molecule has 2 heterocycles. The first kappa shape index (κ1) is 21.1. The Kier molecular flexibility index (Phi) is 5.63. The molecule has 4 aromatic rings. The predicted octanol–water partition coefficient (Wildman–Crippen LogP) is 2.62. The van der Waals surface area contributed by atoms with E-state index < -0.39 is 11.2 Å². The Morgan fingerprint density at radius 3 is 2.47 bits per heavy atom. The number of nitrogens with one attached hydrogen (secondary N) is 2. The molecule has 0 fully saturated rings. The summed E-state index contributed by atoms with van der Waals surface area (Å²) in [7, 11) is 3.19. The van der Waals surface area contributed by atoms with Crippen LogP contribution in [0.3, 0.4) is 0 Å². The van der Waals surface area contributed by atoms with Crippen LogP contribution < -0.4 is 21.4 Å². The monoisotopic (exact) mass is 432 g/mol. The lowest BCUT2D eigenvalue weighted by Crippen LogP contribution is -2.29. The fraction of sp³-hybridized carbons (Fsp3) is 0.217. The average molecular weight is 432 g/mol. The highest BCUT2D eigenvalue weighted by atomic mass is 16.5. The number of benzene rings is 2. The van der Waals surface area contributed by atoms with Crippen LogP contribution in [0.15, 0.2) is 63.2 Å². The number of aromatic amines is 1. The fourth-order valence-electron chi connectivity index (χ4n) is 3.38. The van der Waals surface area contributed by atoms with Gasteiger partial charge in [-0.2, -0.15) is 10.1 Å². The number of anilines is 1. The zero-order chi connectivity index (χ0) is 22.8. The molecule has 32 heavy (non-hydrogen) atoms. The van der Waals surface area contributed by atoms with Gasteiger partial charge in [-0.1, -0.05) is 29.8 Å². The third-order valence-corrected chi connectivity index (χ3v) is 5.30. The van der Waals surface area contributed by atoms with Gasteiger partial charge in [0.1, 0.15) is 5.75 Å². The highest BCUT2D eigenvalue weighted by Gasteiger charge is 2.17. The van der Waals surface area contributed by atoms with Gasteiger partial charge in [0.05, 0.1) is 19.4 Å². The molecule has 2 aromatic carbocycles. The van der Waals surface area contributed by atoms with Crippen molar-refractivity contribution in [2.45, 2.75) is 20.4 Å². The zero-order valence-corrected chi connectivity index (χ0v) is 18.3. The number of nitrogens with zero attached hydrogens (tertiary/aromatic N) is 4. The first-order chi connectivity index (χ1) is 15.4. The molecule has 0 unspecified atom stereocenters. The van der Waals surface area contributed by atoms with Crippen molar-refractivity contribution in [1.29, 1.82) is 0 Å². The molecule has 0 amide bonds. The number of hydrazone groups is 1. The van der Waals surface area contributed by atoms with E-state index in [-0.39, 0.29) is 5.65 Å². The summed E-state index contributed by atoms with van der Waals surface area (Å²) in [6, 6.07) is 15.5. The number of imidazole rings is 1. The van der Waals surface area contributed by atoms with Gasteiger partial charge in [-0.05, 0) is 49.2 Å². The zero-order valence-electron chi connectivity index (χ0n) is 18.3. The van der Waals surface area contributed by atoms with Crippen molar-refractivity contribution in [2.24, 2.45) is 12.1 Å². The first-order valence-corrected chi connectivity index (χ1v) is 10.1. The number of hydrogen-bond acceptors (Lipinski definition) is 6. The van der Waals surface area contributed by atoms with Crippen molar-refractivity contribution >= 4 is 22.8 Å². The summed E-state index contributed by atoms with van der Waals surface area (Å²) in [4.78, 5) is 31.6. The van der Waals surface area contributed by atoms with Gasteiger partial charge in [0.25, 0.3) is 5.56 Å². The Hall–Kier alpha value is -4.14. The third-order valence-electron chi connectivity index (χ3n) is 5.30. The molecule has 0 aliphatic carbocycles. The minimum atomic E-state index is -0.521. The maximum Gasteiger partial charge on any atom is 0.329 e. The number of H-pyrrole nitrogens is 1. The highest BCUT2D eigenvalue weighted by molar-refractivity contribution is 5.99. The van der Waals surface area contributed by atoms with Crippen LogP contribution in [-0.2, 0) is 13.6 Å². The molecule has 2 N–H and O–H groups in total. The number of ether oxygens (including phenoxy) is 1. The van der Waals surface area contributed by atoms with Crippen LogP contribution in [0, 0.1) is 6.92 Å². The molecule has 0 atom stereocenters. The molecule has 164 valence electrons. The van der Waals surface area contributed by atoms with E-state index in [0.29, 0.717) is 18.0 Å². The van der Waals surface area contributed by atoms with Gasteiger partial charge in [0, 0.05) is 7.05 Å². The fourth-order valence-corrected chi connectivity index (χ4v) is 3.38. The van der Waals surface area contributed by atoms with E-state index in [1.165, 1.54) is 4.57 Å². The highest BCUT2D eigenvalue weighted by Crippen LogP contribution is 2.19. The topological polar surface area (TPSA) is 106 Å². The van der Waals surface area contributed by atoms with E-state index in [9.17, 15) is 9.59 Å². The van der Waals surface area contributed by atoms with Crippen molar-refractivity contribution in [3.8, 4) is 5.75 Å². The molecule has 9 heteroatoms. The van der Waals surface area contributed by atoms with Crippen LogP contribution in [0.2, 0.25) is 0 Å². The van der Waals surface area contributed by atoms with Crippen LogP contribution >= 0.6 is 0 Å². The smallest absolute Gasteiger partial charge is 0.329 e. The lowest BCUT2D eigenvalue weighted by Gasteiger charge is -2.09. The lowest BCUT2D eigenvalue weighted by molar-refractivity contribution is 0.415. The average Bonchev–Trinajstić information content (AvgIpc) is 3.16. The summed E-state index contributed by atoms with van der Waals surface area (Å²) in [6.45, 7) is 4.27. The predicted molar refractivity (Wildman–Crippen MR) is 125 cm³/mol. The number of fused-ring (bicyclic) bond motifs is 1. The van der Waals surface area contributed by atoms with Crippen LogP contribution in [0.25, 0.3) is 11.2 Å². The minimum absolute atomic E-state index is 0.283. The van der Waals surface area contributed by atoms with Crippen LogP contribution in [-0.4, -0.2) is 31.9 Å². The van der Waals surface area contributed by atoms with Crippen molar-refractivity contribution in [3.05, 3.63) is 86.1 Å². The van der Waals surface area contributed by atoms with Crippen LogP contribution in [0.4, 0.5) is 5.95 Å². The van der Waals surface area contributed by atoms with E-state index in [0.717, 1.165) is 28.2 Å². The third kappa shape index (κ3) is 4.04. The molecule has 0 saturated carbocycles. The molecule has 0 bridgehead atoms. The SMILES string of the molecule is COc1ccc(C(C)=NNc2nc3c(c(=O)[nH]c(=O)n3C)n2Cc2ccc(C)cc2)cc1. The molecule has 0 saturated heterocycles. The van der Waals surface area contributed by atoms with E-state index in [1.807, 2.05) is 62.4 Å². The molecular formula is C23H24N6O3. The van der Waals surface area contributed by atoms with Crippen molar-refractivity contribution in [1.82, 2.24) is 19.1 Å². The Morgan fingerprint density at radius 2 is 1.81 bits per heavy atom. The summed E-state index contributed by atoms with van der Waals surface area (Å²) in [5.41, 5.74) is 6.30. The summed E-state index contributed by atoms with van der Waals surface area (Å²) >= 11 is 0. The van der Waals surface area contributed by atoms with Gasteiger partial charge in [-0.15, -0.1) is 0 Å². The molecule has 2 aromatic heterocycles. The van der Waals surface area contributed by atoms with Crippen LogP contribution in [0.5, 0.6) is 5.75 Å². The van der Waals surface area contributed by atoms with Gasteiger partial charge in [-0.3, -0.25) is 18.9 Å². The molecule has 0 spiro atoms. The maximum absolute atomic E-state index is 12.6. The van der Waals surface area contributed by atoms with Gasteiger partial charge in [-0.25, -0.2) is 10.2 Å². The quantitative estimate of drug-likeness (QED) is 0.360. The molecule has 0 aliphatic heterocycles. The number of aryl methyl sites for hydroxylation is 2. The molecule has 0 radical (unpaired) electrons. The normalized spacial score (nSPS) is 11.7. The van der Waals surface area contributed by atoms with E-state index in [4.69, 9.17) is 4.74 Å². The minimum Gasteiger partial charge on any atom is -0.497 e. The summed E-state index contributed by atoms with van der Waals surface area (Å²) in [5, 5.41) is 4.46. The number of hydrogen-bond donors (Lipinski definition) is 2. The molecule has 0 aliphatic rings. The lowest BCUT2D eigenvalue weighted by atomic mass is 10.1. The number of rotatable bonds is 6. The van der Waals surface area contributed by atoms with E-state index in [2.05, 4.69) is 20.5 Å². The molecule has 4 rings (SSSR count). The van der Waals surface area contributed by atoms with Crippen molar-refractivity contribution in [2.75, 3.05) is 12.5 Å². The first-order valence-electron chi connectivity index (χ1n) is 10.1. The summed E-state index contributed by atoms with van der Waals surface area (Å²) in [6.07, 6.45) is 0. The van der Waals surface area contributed by atoms with Crippen molar-refractivity contribution < 1.29 is 4.74 Å². The number of aromatic nitrogens is 4. The largest absolute Gasteiger partial charge is 0.497 e. The van der Waals surface area contributed by atoms with Gasteiger partial charge >= 0.3 is 5.69 Å². The summed E-state index contributed by atoms with van der Waals surface area (Å²) in [5.74, 6) is 1.12. The van der Waals surface area contributed by atoms with E-state index in [1.54, 1.807) is 18.7 Å². The maximum atomic E-state index is 12.6. The second kappa shape index (κ2) is 8.54. The Morgan fingerprint density at radius 1 is 1.12 bits per heavy atom. The Labute approximate surface area is 184 Å². The summed E-state index contributed by atoms with van der Waals surface area (Å²) < 4.78 is 8.23. The standard InChI is InChI=1S/C23H24N6O3/c1-14-5-7-16(8-6-14)13-29-19-20(28(3)23(31)25-21(19)30)24-22(29)27-26-15(2)17-9-11-18(32-4)12-10-17/h5-12H,13H2,1-4H3,(H,24,27)(H,25,30,31). The second-order valence-electron chi connectivity index (χ2n) is 7.54. The molecular weight excluding hydrogens is 408 g/mol. The van der Waals surface area contributed by atoms with Gasteiger partial charge < -0.3 is 4.74 Å². The second-order valence-corrected chi connectivity index (χ2v) is 7.54. The van der Waals surface area contributed by atoms with E-state index >= 15 is 0 Å². The van der Waals surface area contributed by atoms with Gasteiger partial charge in [0.2, 0.25) is 5.95 Å². The Bertz CT molecular complexity index is 1410. The van der Waals surface area contributed by atoms with Crippen LogP contribution in [0.1, 0.15) is 23.6 Å². The molecule has 9 nitrogen and oxygen atoms in total.